The fourth-order valence-electron chi connectivity index (χ4n) is 4.19. The summed E-state index contributed by atoms with van der Waals surface area (Å²) in [6, 6.07) is 3.54. The molecule has 2 aliphatic heterocycles. The summed E-state index contributed by atoms with van der Waals surface area (Å²) in [5.74, 6) is -2.00. The van der Waals surface area contributed by atoms with E-state index in [1.54, 1.807) is 13.8 Å². The molecule has 190 valence electrons. The molecule has 1 N–H and O–H groups in total. The molecule has 4 heterocycles. The van der Waals surface area contributed by atoms with Gasteiger partial charge in [-0.3, -0.25) is 4.79 Å². The van der Waals surface area contributed by atoms with E-state index >= 15 is 4.39 Å². The van der Waals surface area contributed by atoms with E-state index in [0.29, 0.717) is 5.69 Å². The molecule has 3 unspecified atom stereocenters. The second kappa shape index (κ2) is 8.31. The monoisotopic (exact) mass is 505 g/mol. The van der Waals surface area contributed by atoms with E-state index < -0.39 is 49.7 Å². The zero-order valence-corrected chi connectivity index (χ0v) is 22.3. The van der Waals surface area contributed by atoms with Crippen LogP contribution in [-0.2, 0) is 23.4 Å². The Balaban J connectivity index is 1.77. The summed E-state index contributed by atoms with van der Waals surface area (Å²) in [5.41, 5.74) is -1.18. The molecule has 0 radical (unpaired) electrons. The number of aromatic nitrogens is 3. The van der Waals surface area contributed by atoms with Gasteiger partial charge in [-0.15, -0.1) is 0 Å². The van der Waals surface area contributed by atoms with Crippen LogP contribution in [0.25, 0.3) is 5.52 Å². The van der Waals surface area contributed by atoms with E-state index in [1.807, 2.05) is 0 Å². The minimum Gasteiger partial charge on any atom is -0.413 e. The first-order valence-corrected chi connectivity index (χ1v) is 14.4. The van der Waals surface area contributed by atoms with Crippen LogP contribution in [0.5, 0.6) is 0 Å². The molecule has 10 nitrogen and oxygen atoms in total. The normalized spacial score (nSPS) is 28.2. The molecule has 2 fully saturated rings. The van der Waals surface area contributed by atoms with Crippen LogP contribution in [0.3, 0.4) is 0 Å². The second-order valence-electron chi connectivity index (χ2n) is 11.1. The largest absolute Gasteiger partial charge is 0.413 e. The molecule has 1 amide bonds. The summed E-state index contributed by atoms with van der Waals surface area (Å²) in [4.78, 5) is 15.6. The van der Waals surface area contributed by atoms with E-state index in [0.717, 1.165) is 0 Å². The fraction of sp³-hybridized carbons (Fsp3) is 0.652. The second-order valence-corrected chi connectivity index (χ2v) is 15.9. The molecule has 35 heavy (non-hydrogen) atoms. The van der Waals surface area contributed by atoms with Crippen molar-refractivity contribution in [1.29, 1.82) is 5.26 Å². The quantitative estimate of drug-likeness (QED) is 0.611. The number of fused-ring (bicyclic) bond motifs is 2. The molecular weight excluding hydrogens is 473 g/mol. The number of anilines is 1. The number of nitrogens with zero attached hydrogens (tertiary/aromatic N) is 4. The predicted molar refractivity (Wildman–Crippen MR) is 126 cm³/mol. The van der Waals surface area contributed by atoms with Gasteiger partial charge in [-0.25, -0.2) is 13.9 Å². The van der Waals surface area contributed by atoms with E-state index in [-0.39, 0.29) is 23.0 Å². The maximum Gasteiger partial charge on any atom is 0.222 e. The van der Waals surface area contributed by atoms with Crippen LogP contribution < -0.4 is 5.32 Å². The molecule has 4 rings (SSSR count). The molecule has 2 aromatic heterocycles. The molecule has 0 spiro atoms. The number of amides is 1. The van der Waals surface area contributed by atoms with E-state index in [1.165, 1.54) is 23.8 Å². The molecule has 0 aliphatic carbocycles. The van der Waals surface area contributed by atoms with E-state index in [2.05, 4.69) is 55.3 Å². The van der Waals surface area contributed by atoms with Crippen molar-refractivity contribution in [2.75, 3.05) is 11.9 Å². The highest BCUT2D eigenvalue weighted by molar-refractivity contribution is 6.74. The van der Waals surface area contributed by atoms with Crippen molar-refractivity contribution in [1.82, 2.24) is 14.6 Å². The molecule has 2 saturated heterocycles. The van der Waals surface area contributed by atoms with Crippen LogP contribution in [0, 0.1) is 17.1 Å². The lowest BCUT2D eigenvalue weighted by Gasteiger charge is -2.39. The molecule has 0 bridgehead atoms. The fourth-order valence-corrected chi connectivity index (χ4v) is 5.20. The zero-order chi connectivity index (χ0) is 26.0. The maximum atomic E-state index is 15.1. The SMILES string of the molecule is CC(=O)Nc1ncnn2c(C3OC(C#N)(CO[Si](C)(C)C(C)(C)C)[C@H]4OC(C)(C)OC34)cc(F)c12. The van der Waals surface area contributed by atoms with Crippen LogP contribution >= 0.6 is 0 Å². The minimum atomic E-state index is -2.23. The average Bonchev–Trinajstić information content (AvgIpc) is 3.33. The predicted octanol–water partition coefficient (Wildman–Crippen LogP) is 3.70. The summed E-state index contributed by atoms with van der Waals surface area (Å²) in [7, 11) is -2.23. The van der Waals surface area contributed by atoms with Gasteiger partial charge in [-0.1, -0.05) is 20.8 Å². The van der Waals surface area contributed by atoms with Crippen molar-refractivity contribution in [3.8, 4) is 6.07 Å². The third-order valence-corrected chi connectivity index (χ3v) is 11.5. The Kier molecular flexibility index (Phi) is 6.09. The number of rotatable bonds is 5. The van der Waals surface area contributed by atoms with Gasteiger partial charge < -0.3 is 24.0 Å². The molecule has 2 aromatic rings. The summed E-state index contributed by atoms with van der Waals surface area (Å²) in [6.45, 7) is 15.3. The number of hydrogen-bond donors (Lipinski definition) is 1. The lowest BCUT2D eigenvalue weighted by Crippen LogP contribution is -2.51. The van der Waals surface area contributed by atoms with Gasteiger partial charge in [0.15, 0.2) is 25.7 Å². The number of nitriles is 1. The first-order valence-electron chi connectivity index (χ1n) is 11.5. The smallest absolute Gasteiger partial charge is 0.222 e. The minimum absolute atomic E-state index is 0.0111. The number of nitrogens with one attached hydrogen (secondary N) is 1. The maximum absolute atomic E-state index is 15.1. The highest BCUT2D eigenvalue weighted by Gasteiger charge is 2.65. The zero-order valence-electron chi connectivity index (χ0n) is 21.3. The van der Waals surface area contributed by atoms with E-state index in [4.69, 9.17) is 18.6 Å². The Bertz CT molecular complexity index is 1200. The number of hydrogen-bond acceptors (Lipinski definition) is 8. The molecule has 2 aliphatic rings. The Morgan fingerprint density at radius 1 is 1.34 bits per heavy atom. The van der Waals surface area contributed by atoms with Gasteiger partial charge in [0.2, 0.25) is 11.5 Å². The van der Waals surface area contributed by atoms with Gasteiger partial charge >= 0.3 is 0 Å². The highest BCUT2D eigenvalue weighted by Crippen LogP contribution is 2.51. The van der Waals surface area contributed by atoms with Gasteiger partial charge in [0.25, 0.3) is 0 Å². The van der Waals surface area contributed by atoms with Crippen molar-refractivity contribution in [3.63, 3.8) is 0 Å². The Morgan fingerprint density at radius 2 is 2.03 bits per heavy atom. The van der Waals surface area contributed by atoms with Gasteiger partial charge in [0.05, 0.1) is 12.3 Å². The lowest BCUT2D eigenvalue weighted by atomic mass is 9.96. The average molecular weight is 506 g/mol. The van der Waals surface area contributed by atoms with Crippen LogP contribution in [0.4, 0.5) is 10.2 Å². The number of ether oxygens (including phenoxy) is 3. The molecule has 4 atom stereocenters. The van der Waals surface area contributed by atoms with Crippen molar-refractivity contribution in [2.45, 2.75) is 89.4 Å². The summed E-state index contributed by atoms with van der Waals surface area (Å²) in [5, 5.41) is 17.0. The summed E-state index contributed by atoms with van der Waals surface area (Å²) in [6.07, 6.45) is -1.17. The molecule has 12 heteroatoms. The van der Waals surface area contributed by atoms with E-state index in [9.17, 15) is 10.1 Å². The summed E-state index contributed by atoms with van der Waals surface area (Å²) >= 11 is 0. The van der Waals surface area contributed by atoms with Crippen molar-refractivity contribution in [3.05, 3.63) is 23.9 Å². The highest BCUT2D eigenvalue weighted by atomic mass is 28.4. The first kappa shape index (κ1) is 25.7. The van der Waals surface area contributed by atoms with Gasteiger partial charge in [-0.2, -0.15) is 10.4 Å². The van der Waals surface area contributed by atoms with Crippen molar-refractivity contribution in [2.24, 2.45) is 0 Å². The number of halogens is 1. The van der Waals surface area contributed by atoms with Crippen LogP contribution in [-0.4, -0.2) is 59.0 Å². The first-order chi connectivity index (χ1) is 16.1. The Labute approximate surface area is 204 Å². The van der Waals surface area contributed by atoms with Crippen molar-refractivity contribution >= 4 is 25.6 Å². The third kappa shape index (κ3) is 4.36. The Morgan fingerprint density at radius 3 is 2.63 bits per heavy atom. The number of carbonyl (C=O) groups is 1. The lowest BCUT2D eigenvalue weighted by molar-refractivity contribution is -0.204. The van der Waals surface area contributed by atoms with Crippen LogP contribution in [0.15, 0.2) is 12.4 Å². The molecular formula is C23H32FN5O5Si. The van der Waals surface area contributed by atoms with Crippen molar-refractivity contribution < 1.29 is 27.8 Å². The summed E-state index contributed by atoms with van der Waals surface area (Å²) < 4.78 is 41.5. The number of carbonyl (C=O) groups excluding carboxylic acids is 1. The van der Waals surface area contributed by atoms with Gasteiger partial charge in [-0.05, 0) is 32.0 Å². The molecule has 0 aromatic carbocycles. The molecule has 0 saturated carbocycles. The van der Waals surface area contributed by atoms with Crippen LogP contribution in [0.2, 0.25) is 18.1 Å². The third-order valence-electron chi connectivity index (χ3n) is 6.99. The standard InChI is InChI=1S/C23H32FN5O5Si/c1-13(30)28-20-16-14(24)9-15(29(16)27-12-26-20)17-18-19(34-22(5,6)32-18)23(10-25,33-17)11-31-35(7,8)21(2,3)4/h9,12,17-19H,11H2,1-8H3,(H,26,27,28,30)/t17?,18?,19-,23?/m0/s1. The van der Waals surface area contributed by atoms with Crippen LogP contribution in [0.1, 0.15) is 53.3 Å². The van der Waals surface area contributed by atoms with Gasteiger partial charge in [0, 0.05) is 13.0 Å². The van der Waals surface area contributed by atoms with Gasteiger partial charge in [0.1, 0.15) is 36.2 Å². The Hall–Kier alpha value is -2.43. The topological polar surface area (TPSA) is 120 Å².